The predicted molar refractivity (Wildman–Crippen MR) is 39.2 cm³/mol. The Morgan fingerprint density at radius 3 is 2.00 bits per heavy atom. The largest absolute Gasteiger partial charge is 0.671 e. The third-order valence-corrected chi connectivity index (χ3v) is 1.30. The molecule has 1 atom stereocenters. The minimum atomic E-state index is -0.0915. The van der Waals surface area contributed by atoms with E-state index in [0.717, 1.165) is 5.56 Å². The van der Waals surface area contributed by atoms with Crippen molar-refractivity contribution >= 4 is 0 Å². The van der Waals surface area contributed by atoms with Crippen molar-refractivity contribution in [3.8, 4) is 0 Å². The van der Waals surface area contributed by atoms with Crippen molar-refractivity contribution in [2.45, 2.75) is 13.0 Å². The Hall–Kier alpha value is 0.622. The van der Waals surface area contributed by atoms with Crippen LogP contribution in [0.15, 0.2) is 30.3 Å². The van der Waals surface area contributed by atoms with E-state index in [1.165, 1.54) is 0 Å². The average molecular weight is 347 g/mol. The standard InChI is InChI=1S/C8H10N.Ac/c1-7(9)8-5-3-2-4-6-8;/h2-7,9H,1H3;/q-1;/t7-;/m0./s1. The van der Waals surface area contributed by atoms with Gasteiger partial charge in [0.05, 0.1) is 0 Å². The minimum absolute atomic E-state index is 0. The summed E-state index contributed by atoms with van der Waals surface area (Å²) in [5.74, 6) is 0. The average Bonchev–Trinajstić information content (AvgIpc) is 1.90. The number of nitrogens with one attached hydrogen (secondary N) is 1. The zero-order valence-corrected chi connectivity index (χ0v) is 10.8. The first-order valence-electron chi connectivity index (χ1n) is 3.07. The molecule has 0 saturated heterocycles. The number of rotatable bonds is 1. The van der Waals surface area contributed by atoms with E-state index in [9.17, 15) is 0 Å². The molecule has 0 spiro atoms. The molecule has 0 saturated carbocycles. The molecule has 0 fully saturated rings. The molecule has 10 heavy (non-hydrogen) atoms. The molecule has 0 unspecified atom stereocenters. The van der Waals surface area contributed by atoms with E-state index < -0.39 is 0 Å². The Balaban J connectivity index is 0.000000810. The molecule has 1 aromatic carbocycles. The second kappa shape index (κ2) is 5.30. The van der Waals surface area contributed by atoms with E-state index in [-0.39, 0.29) is 50.1 Å². The smallest absolute Gasteiger partial charge is 0 e. The molecule has 0 aliphatic heterocycles. The number of hydrogen-bond donors (Lipinski definition) is 0. The fraction of sp³-hybridized carbons (Fsp3) is 0.250. The Labute approximate surface area is 97.6 Å². The monoisotopic (exact) mass is 347 g/mol. The van der Waals surface area contributed by atoms with Crippen LogP contribution in [-0.2, 0) is 0 Å². The molecular weight excluding hydrogens is 337 g/mol. The summed E-state index contributed by atoms with van der Waals surface area (Å²) >= 11 is 0. The van der Waals surface area contributed by atoms with Crippen LogP contribution in [0.4, 0.5) is 0 Å². The van der Waals surface area contributed by atoms with Crippen LogP contribution in [0, 0.1) is 44.1 Å². The van der Waals surface area contributed by atoms with Crippen LogP contribution in [0.2, 0.25) is 0 Å². The summed E-state index contributed by atoms with van der Waals surface area (Å²) in [4.78, 5) is 0. The van der Waals surface area contributed by atoms with Crippen molar-refractivity contribution in [3.05, 3.63) is 41.6 Å². The van der Waals surface area contributed by atoms with Crippen LogP contribution in [0.25, 0.3) is 5.73 Å². The summed E-state index contributed by atoms with van der Waals surface area (Å²) in [6, 6.07) is 9.73. The molecule has 1 radical (unpaired) electrons. The number of hydrogen-bond acceptors (Lipinski definition) is 0. The van der Waals surface area contributed by atoms with Gasteiger partial charge in [0, 0.05) is 44.1 Å². The molecule has 0 aromatic heterocycles. The third kappa shape index (κ3) is 3.14. The van der Waals surface area contributed by atoms with Crippen molar-refractivity contribution in [2.75, 3.05) is 0 Å². The molecule has 0 heterocycles. The Bertz CT molecular complexity index is 172. The first-order chi connectivity index (χ1) is 4.30. The van der Waals surface area contributed by atoms with Crippen molar-refractivity contribution < 1.29 is 44.1 Å². The fourth-order valence-electron chi connectivity index (χ4n) is 0.742. The van der Waals surface area contributed by atoms with Gasteiger partial charge in [-0.25, -0.2) is 0 Å². The van der Waals surface area contributed by atoms with Gasteiger partial charge in [-0.15, -0.1) is 6.04 Å². The first-order valence-corrected chi connectivity index (χ1v) is 3.07. The van der Waals surface area contributed by atoms with E-state index in [1.54, 1.807) is 0 Å². The molecule has 1 N–H and O–H groups in total. The molecule has 51 valence electrons. The summed E-state index contributed by atoms with van der Waals surface area (Å²) in [6.07, 6.45) is 0. The molecule has 0 bridgehead atoms. The van der Waals surface area contributed by atoms with Crippen LogP contribution in [0.1, 0.15) is 18.5 Å². The molecule has 0 aliphatic carbocycles. The zero-order valence-electron chi connectivity index (χ0n) is 6.04. The topological polar surface area (TPSA) is 23.8 Å². The summed E-state index contributed by atoms with van der Waals surface area (Å²) < 4.78 is 0. The van der Waals surface area contributed by atoms with Crippen LogP contribution in [-0.4, -0.2) is 0 Å². The maximum atomic E-state index is 7.32. The molecular formula is C8H10AcN-. The molecule has 2 heteroatoms. The van der Waals surface area contributed by atoms with E-state index in [4.69, 9.17) is 5.73 Å². The Morgan fingerprint density at radius 1 is 1.20 bits per heavy atom. The number of benzene rings is 1. The van der Waals surface area contributed by atoms with Gasteiger partial charge in [-0.2, -0.15) is 0 Å². The van der Waals surface area contributed by atoms with E-state index in [0.29, 0.717) is 0 Å². The maximum absolute atomic E-state index is 7.32. The quantitative estimate of drug-likeness (QED) is 0.746. The summed E-state index contributed by atoms with van der Waals surface area (Å²) in [5.41, 5.74) is 8.40. The SMILES string of the molecule is C[C@H]([NH-])c1ccccc1.[Ac]. The molecule has 0 amide bonds. The van der Waals surface area contributed by atoms with Gasteiger partial charge in [0.2, 0.25) is 0 Å². The van der Waals surface area contributed by atoms with Gasteiger partial charge >= 0.3 is 0 Å². The second-order valence-corrected chi connectivity index (χ2v) is 2.13. The van der Waals surface area contributed by atoms with Gasteiger partial charge in [0.1, 0.15) is 0 Å². The van der Waals surface area contributed by atoms with Crippen LogP contribution in [0.5, 0.6) is 0 Å². The van der Waals surface area contributed by atoms with Gasteiger partial charge in [-0.3, -0.25) is 0 Å². The predicted octanol–water partition coefficient (Wildman–Crippen LogP) is 2.80. The normalized spacial score (nSPS) is 11.8. The molecule has 1 aromatic rings. The minimum Gasteiger partial charge on any atom is -0.671 e. The van der Waals surface area contributed by atoms with E-state index in [2.05, 4.69) is 0 Å². The van der Waals surface area contributed by atoms with Gasteiger partial charge < -0.3 is 5.73 Å². The first kappa shape index (κ1) is 10.6. The van der Waals surface area contributed by atoms with Crippen molar-refractivity contribution in [1.82, 2.24) is 0 Å². The van der Waals surface area contributed by atoms with Crippen molar-refractivity contribution in [2.24, 2.45) is 0 Å². The van der Waals surface area contributed by atoms with Crippen LogP contribution < -0.4 is 0 Å². The van der Waals surface area contributed by atoms with Gasteiger partial charge in [-0.05, 0) is 0 Å². The maximum Gasteiger partial charge on any atom is 0 e. The van der Waals surface area contributed by atoms with Gasteiger partial charge in [-0.1, -0.05) is 42.8 Å². The Kier molecular flexibility index (Phi) is 5.62. The van der Waals surface area contributed by atoms with Crippen molar-refractivity contribution in [3.63, 3.8) is 0 Å². The van der Waals surface area contributed by atoms with Gasteiger partial charge in [0.25, 0.3) is 0 Å². The van der Waals surface area contributed by atoms with Gasteiger partial charge in [0.15, 0.2) is 0 Å². The molecule has 1 rings (SSSR count). The van der Waals surface area contributed by atoms with Crippen LogP contribution in [0.3, 0.4) is 0 Å². The summed E-state index contributed by atoms with van der Waals surface area (Å²) in [7, 11) is 0. The van der Waals surface area contributed by atoms with Crippen LogP contribution >= 0.6 is 0 Å². The fourth-order valence-corrected chi connectivity index (χ4v) is 0.742. The van der Waals surface area contributed by atoms with E-state index >= 15 is 0 Å². The zero-order chi connectivity index (χ0) is 6.69. The summed E-state index contributed by atoms with van der Waals surface area (Å²) in [6.45, 7) is 1.87. The third-order valence-electron chi connectivity index (χ3n) is 1.30. The van der Waals surface area contributed by atoms with Crippen molar-refractivity contribution in [1.29, 1.82) is 0 Å². The van der Waals surface area contributed by atoms with E-state index in [1.807, 2.05) is 37.3 Å². The molecule has 0 aliphatic rings. The Morgan fingerprint density at radius 2 is 1.70 bits per heavy atom. The molecule has 1 nitrogen and oxygen atoms in total. The summed E-state index contributed by atoms with van der Waals surface area (Å²) in [5, 5.41) is 0. The second-order valence-electron chi connectivity index (χ2n) is 2.13.